The molecule has 0 aliphatic carbocycles. The minimum atomic E-state index is -0.425. The molecule has 8 nitrogen and oxygen atoms in total. The van der Waals surface area contributed by atoms with Crippen LogP contribution in [0.15, 0.2) is 42.9 Å². The Morgan fingerprint density at radius 3 is 2.68 bits per heavy atom. The van der Waals surface area contributed by atoms with Crippen LogP contribution in [0.3, 0.4) is 0 Å². The number of anilines is 2. The third-order valence-corrected chi connectivity index (χ3v) is 3.15. The summed E-state index contributed by atoms with van der Waals surface area (Å²) >= 11 is 0. The number of nitro benzene ring substituents is 1. The van der Waals surface area contributed by atoms with E-state index in [0.29, 0.717) is 23.7 Å². The Bertz CT molecular complexity index is 834. The van der Waals surface area contributed by atoms with Gasteiger partial charge in [0.05, 0.1) is 15.8 Å². The molecule has 3 aromatic rings. The Labute approximate surface area is 125 Å². The highest BCUT2D eigenvalue weighted by atomic mass is 16.6. The van der Waals surface area contributed by atoms with Crippen molar-refractivity contribution < 1.29 is 4.92 Å². The number of fused-ring (bicyclic) bond motifs is 1. The van der Waals surface area contributed by atoms with E-state index in [-0.39, 0.29) is 5.69 Å². The van der Waals surface area contributed by atoms with Gasteiger partial charge in [0, 0.05) is 30.9 Å². The molecule has 8 heteroatoms. The highest BCUT2D eigenvalue weighted by Gasteiger charge is 2.06. The number of nitrogen functional groups attached to an aromatic ring is 1. The maximum absolute atomic E-state index is 10.6. The normalized spacial score (nSPS) is 10.5. The molecule has 0 saturated heterocycles. The van der Waals surface area contributed by atoms with Crippen LogP contribution in [0.5, 0.6) is 0 Å². The van der Waals surface area contributed by atoms with E-state index < -0.39 is 4.92 Å². The van der Waals surface area contributed by atoms with Gasteiger partial charge in [-0.05, 0) is 5.56 Å². The Morgan fingerprint density at radius 1 is 1.18 bits per heavy atom. The second kappa shape index (κ2) is 5.60. The molecule has 0 bridgehead atoms. The molecular weight excluding hydrogens is 284 g/mol. The van der Waals surface area contributed by atoms with Gasteiger partial charge in [-0.1, -0.05) is 12.1 Å². The van der Waals surface area contributed by atoms with Crippen molar-refractivity contribution in [2.24, 2.45) is 0 Å². The lowest BCUT2D eigenvalue weighted by Gasteiger charge is -2.08. The summed E-state index contributed by atoms with van der Waals surface area (Å²) < 4.78 is 0. The van der Waals surface area contributed by atoms with Gasteiger partial charge in [-0.3, -0.25) is 10.1 Å². The van der Waals surface area contributed by atoms with Crippen molar-refractivity contribution in [3.05, 3.63) is 58.5 Å². The van der Waals surface area contributed by atoms with Gasteiger partial charge in [-0.2, -0.15) is 0 Å². The average Bonchev–Trinajstić information content (AvgIpc) is 2.52. The second-order valence-electron chi connectivity index (χ2n) is 4.63. The summed E-state index contributed by atoms with van der Waals surface area (Å²) in [6, 6.07) is 8.01. The largest absolute Gasteiger partial charge is 0.384 e. The van der Waals surface area contributed by atoms with E-state index in [1.807, 2.05) is 0 Å². The molecule has 22 heavy (non-hydrogen) atoms. The maximum atomic E-state index is 10.6. The Balaban J connectivity index is 1.80. The number of nitrogens with zero attached hydrogens (tertiary/aromatic N) is 4. The Morgan fingerprint density at radius 2 is 1.95 bits per heavy atom. The zero-order valence-corrected chi connectivity index (χ0v) is 11.4. The van der Waals surface area contributed by atoms with Gasteiger partial charge in [0.1, 0.15) is 18.0 Å². The molecule has 0 aliphatic heterocycles. The van der Waals surface area contributed by atoms with Gasteiger partial charge < -0.3 is 11.1 Å². The second-order valence-corrected chi connectivity index (χ2v) is 4.63. The van der Waals surface area contributed by atoms with Crippen LogP contribution in [0.1, 0.15) is 5.56 Å². The molecule has 2 aromatic heterocycles. The summed E-state index contributed by atoms with van der Waals surface area (Å²) in [7, 11) is 0. The van der Waals surface area contributed by atoms with E-state index in [1.165, 1.54) is 18.5 Å². The number of nitrogens with one attached hydrogen (secondary N) is 1. The molecule has 110 valence electrons. The fourth-order valence-electron chi connectivity index (χ4n) is 2.03. The first-order valence-electron chi connectivity index (χ1n) is 6.47. The van der Waals surface area contributed by atoms with Crippen LogP contribution >= 0.6 is 0 Å². The number of nitrogens with two attached hydrogens (primary N) is 1. The molecule has 0 unspecified atom stereocenters. The van der Waals surface area contributed by atoms with Gasteiger partial charge in [0.2, 0.25) is 0 Å². The predicted octanol–water partition coefficient (Wildman–Crippen LogP) is 2.13. The van der Waals surface area contributed by atoms with Gasteiger partial charge >= 0.3 is 0 Å². The summed E-state index contributed by atoms with van der Waals surface area (Å²) in [6.45, 7) is 0.481. The van der Waals surface area contributed by atoms with Crippen molar-refractivity contribution in [3.63, 3.8) is 0 Å². The number of nitro groups is 1. The van der Waals surface area contributed by atoms with Crippen molar-refractivity contribution in [2.75, 3.05) is 11.1 Å². The number of rotatable bonds is 4. The highest BCUT2D eigenvalue weighted by molar-refractivity contribution is 5.89. The van der Waals surface area contributed by atoms with E-state index >= 15 is 0 Å². The quantitative estimate of drug-likeness (QED) is 0.558. The zero-order valence-electron chi connectivity index (χ0n) is 11.4. The van der Waals surface area contributed by atoms with Crippen molar-refractivity contribution in [2.45, 2.75) is 6.54 Å². The molecule has 0 radical (unpaired) electrons. The Hall–Kier alpha value is -3.29. The number of benzene rings is 1. The first kappa shape index (κ1) is 13.7. The van der Waals surface area contributed by atoms with E-state index in [2.05, 4.69) is 20.3 Å². The molecule has 0 atom stereocenters. The molecule has 3 rings (SSSR count). The van der Waals surface area contributed by atoms with Crippen LogP contribution < -0.4 is 11.1 Å². The maximum Gasteiger partial charge on any atom is 0.269 e. The molecule has 1 aromatic carbocycles. The monoisotopic (exact) mass is 296 g/mol. The first-order valence-corrected chi connectivity index (χ1v) is 6.47. The SMILES string of the molecule is Nc1cc2ncnc(NCc3ccc([N+](=O)[O-])cc3)c2cn1. The highest BCUT2D eigenvalue weighted by Crippen LogP contribution is 2.20. The molecule has 0 saturated carbocycles. The number of pyridine rings is 1. The standard InChI is InChI=1S/C14H12N6O2/c15-13-5-12-11(7-16-13)14(19-8-18-12)17-6-9-1-3-10(4-2-9)20(21)22/h1-5,7-8H,6H2,(H2,15,16)(H,17,18,19). The van der Waals surface area contributed by atoms with E-state index in [4.69, 9.17) is 5.73 Å². The van der Waals surface area contributed by atoms with E-state index in [1.54, 1.807) is 24.4 Å². The first-order chi connectivity index (χ1) is 10.6. The summed E-state index contributed by atoms with van der Waals surface area (Å²) in [5.74, 6) is 1.03. The zero-order chi connectivity index (χ0) is 15.5. The van der Waals surface area contributed by atoms with Crippen LogP contribution in [0, 0.1) is 10.1 Å². The predicted molar refractivity (Wildman–Crippen MR) is 82.2 cm³/mol. The third kappa shape index (κ3) is 2.75. The van der Waals surface area contributed by atoms with Gasteiger partial charge in [0.25, 0.3) is 5.69 Å². The Kier molecular flexibility index (Phi) is 3.48. The number of hydrogen-bond acceptors (Lipinski definition) is 7. The van der Waals surface area contributed by atoms with Crippen LogP contribution in [0.25, 0.3) is 10.9 Å². The molecule has 0 amide bonds. The lowest BCUT2D eigenvalue weighted by atomic mass is 10.2. The lowest BCUT2D eigenvalue weighted by molar-refractivity contribution is -0.384. The van der Waals surface area contributed by atoms with Crippen molar-refractivity contribution >= 4 is 28.2 Å². The van der Waals surface area contributed by atoms with Crippen LogP contribution in [0.2, 0.25) is 0 Å². The fourth-order valence-corrected chi connectivity index (χ4v) is 2.03. The van der Waals surface area contributed by atoms with Gasteiger partial charge in [0.15, 0.2) is 0 Å². The van der Waals surface area contributed by atoms with Crippen LogP contribution in [-0.4, -0.2) is 19.9 Å². The summed E-state index contributed by atoms with van der Waals surface area (Å²) in [4.78, 5) is 22.6. The smallest absolute Gasteiger partial charge is 0.269 e. The van der Waals surface area contributed by atoms with Crippen molar-refractivity contribution in [1.82, 2.24) is 15.0 Å². The molecule has 0 fully saturated rings. The number of non-ortho nitro benzene ring substituents is 1. The minimum Gasteiger partial charge on any atom is -0.384 e. The van der Waals surface area contributed by atoms with Crippen LogP contribution in [-0.2, 0) is 6.54 Å². The van der Waals surface area contributed by atoms with Crippen molar-refractivity contribution in [3.8, 4) is 0 Å². The molecule has 0 aliphatic rings. The minimum absolute atomic E-state index is 0.0657. The molecule has 3 N–H and O–H groups in total. The van der Waals surface area contributed by atoms with E-state index in [9.17, 15) is 10.1 Å². The van der Waals surface area contributed by atoms with Crippen molar-refractivity contribution in [1.29, 1.82) is 0 Å². The molecule has 0 spiro atoms. The summed E-state index contributed by atoms with van der Waals surface area (Å²) in [5.41, 5.74) is 7.30. The summed E-state index contributed by atoms with van der Waals surface area (Å²) in [6.07, 6.45) is 3.06. The lowest BCUT2D eigenvalue weighted by Crippen LogP contribution is -2.03. The van der Waals surface area contributed by atoms with Gasteiger partial charge in [-0.25, -0.2) is 15.0 Å². The number of hydrogen-bond donors (Lipinski definition) is 2. The van der Waals surface area contributed by atoms with E-state index in [0.717, 1.165) is 10.9 Å². The number of aromatic nitrogens is 3. The fraction of sp³-hybridized carbons (Fsp3) is 0.0714. The van der Waals surface area contributed by atoms with Crippen LogP contribution in [0.4, 0.5) is 17.3 Å². The molecule has 2 heterocycles. The topological polar surface area (TPSA) is 120 Å². The average molecular weight is 296 g/mol. The molecular formula is C14H12N6O2. The third-order valence-electron chi connectivity index (χ3n) is 3.15. The summed E-state index contributed by atoms with van der Waals surface area (Å²) in [5, 5.41) is 14.6. The van der Waals surface area contributed by atoms with Gasteiger partial charge in [-0.15, -0.1) is 0 Å².